The van der Waals surface area contributed by atoms with E-state index in [4.69, 9.17) is 9.90 Å². The second kappa shape index (κ2) is 14.2. The van der Waals surface area contributed by atoms with Crippen molar-refractivity contribution in [3.05, 3.63) is 53.6 Å². The van der Waals surface area contributed by atoms with E-state index < -0.39 is 22.2 Å². The van der Waals surface area contributed by atoms with Crippen LogP contribution in [0.2, 0.25) is 0 Å². The highest BCUT2D eigenvalue weighted by molar-refractivity contribution is 7.92. The first-order valence-electron chi connectivity index (χ1n) is 12.6. The Labute approximate surface area is 227 Å². The average molecular weight is 573 g/mol. The summed E-state index contributed by atoms with van der Waals surface area (Å²) in [4.78, 5) is 26.7. The maximum Gasteiger partial charge on any atom is 0.490 e. The van der Waals surface area contributed by atoms with E-state index in [9.17, 15) is 26.4 Å². The maximum absolute atomic E-state index is 13.5. The number of aliphatic carboxylic acids is 1. The zero-order chi connectivity index (χ0) is 29.2. The molecule has 0 spiro atoms. The van der Waals surface area contributed by atoms with Gasteiger partial charge in [-0.2, -0.15) is 13.2 Å². The number of unbranched alkanes of at least 4 members (excludes halogenated alkanes) is 1. The second-order valence-corrected chi connectivity index (χ2v) is 10.5. The molecule has 0 aromatic heterocycles. The highest BCUT2D eigenvalue weighted by Gasteiger charge is 2.38. The smallest absolute Gasteiger partial charge is 0.475 e. The first kappa shape index (κ1) is 31.9. The molecule has 1 heterocycles. The van der Waals surface area contributed by atoms with E-state index in [-0.39, 0.29) is 10.8 Å². The fourth-order valence-corrected chi connectivity index (χ4v) is 5.24. The predicted molar refractivity (Wildman–Crippen MR) is 144 cm³/mol. The van der Waals surface area contributed by atoms with E-state index >= 15 is 0 Å². The van der Waals surface area contributed by atoms with Crippen LogP contribution in [0.25, 0.3) is 0 Å². The van der Waals surface area contributed by atoms with Crippen molar-refractivity contribution in [2.75, 3.05) is 48.9 Å². The topological polar surface area (TPSA) is 119 Å². The Bertz CT molecular complexity index is 1230. The van der Waals surface area contributed by atoms with Crippen LogP contribution < -0.4 is 14.9 Å². The molecule has 0 bridgehead atoms. The highest BCUT2D eigenvalue weighted by Crippen LogP contribution is 2.28. The van der Waals surface area contributed by atoms with Crippen LogP contribution in [0.5, 0.6) is 0 Å². The third-order valence-corrected chi connectivity index (χ3v) is 7.55. The molecule has 9 nitrogen and oxygen atoms in total. The van der Waals surface area contributed by atoms with Crippen molar-refractivity contribution in [1.29, 1.82) is 0 Å². The summed E-state index contributed by atoms with van der Waals surface area (Å²) in [5.74, 6) is -2.82. The number of carbonyl (C=O) groups excluding carboxylic acids is 1. The van der Waals surface area contributed by atoms with E-state index in [1.165, 1.54) is 0 Å². The largest absolute Gasteiger partial charge is 0.490 e. The Morgan fingerprint density at radius 2 is 1.72 bits per heavy atom. The molecule has 1 aliphatic rings. The van der Waals surface area contributed by atoms with Crippen molar-refractivity contribution < 1.29 is 36.3 Å². The molecule has 39 heavy (non-hydrogen) atoms. The third-order valence-electron chi connectivity index (χ3n) is 6.01. The number of alkyl halides is 3. The Morgan fingerprint density at radius 3 is 2.26 bits per heavy atom. The highest BCUT2D eigenvalue weighted by atomic mass is 32.2. The fourth-order valence-electron chi connectivity index (χ4n) is 3.94. The summed E-state index contributed by atoms with van der Waals surface area (Å²) in [5, 5.41) is 10.5. The van der Waals surface area contributed by atoms with Crippen molar-refractivity contribution >= 4 is 33.3 Å². The molecular weight excluding hydrogens is 537 g/mol. The van der Waals surface area contributed by atoms with Crippen molar-refractivity contribution in [2.45, 2.75) is 44.7 Å². The minimum absolute atomic E-state index is 0.0635. The van der Waals surface area contributed by atoms with E-state index in [0.717, 1.165) is 44.7 Å². The van der Waals surface area contributed by atoms with Crippen molar-refractivity contribution in [1.82, 2.24) is 10.2 Å². The first-order chi connectivity index (χ1) is 18.3. The summed E-state index contributed by atoms with van der Waals surface area (Å²) >= 11 is 0. The van der Waals surface area contributed by atoms with Gasteiger partial charge in [0.25, 0.3) is 15.9 Å². The van der Waals surface area contributed by atoms with Gasteiger partial charge in [0.05, 0.1) is 10.5 Å². The molecule has 0 radical (unpaired) electrons. The van der Waals surface area contributed by atoms with Gasteiger partial charge in [-0.05, 0) is 50.1 Å². The van der Waals surface area contributed by atoms with Crippen LogP contribution in [0.3, 0.4) is 0 Å². The molecular formula is C26H35F3N4O5S. The molecule has 1 saturated heterocycles. The molecule has 2 aromatic carbocycles. The lowest BCUT2D eigenvalue weighted by Gasteiger charge is -2.32. The first-order valence-corrected chi connectivity index (χ1v) is 14.1. The molecule has 0 saturated carbocycles. The number of sulfonamides is 1. The number of anilines is 2. The summed E-state index contributed by atoms with van der Waals surface area (Å²) < 4.78 is 60.4. The number of piperazine rings is 1. The Kier molecular flexibility index (Phi) is 11.6. The predicted octanol–water partition coefficient (Wildman–Crippen LogP) is 4.10. The molecule has 216 valence electrons. The second-order valence-electron chi connectivity index (χ2n) is 8.88. The monoisotopic (exact) mass is 572 g/mol. The number of aryl methyl sites for hydroxylation is 1. The quantitative estimate of drug-likeness (QED) is 0.414. The number of rotatable bonds is 9. The lowest BCUT2D eigenvalue weighted by molar-refractivity contribution is -0.192. The molecule has 3 N–H and O–H groups in total. The lowest BCUT2D eigenvalue weighted by Crippen LogP contribution is -2.44. The summed E-state index contributed by atoms with van der Waals surface area (Å²) in [6.45, 7) is 10.4. The van der Waals surface area contributed by atoms with Crippen LogP contribution in [0.4, 0.5) is 24.5 Å². The van der Waals surface area contributed by atoms with E-state index in [0.29, 0.717) is 29.9 Å². The normalized spacial score (nSPS) is 13.7. The summed E-state index contributed by atoms with van der Waals surface area (Å²) in [7, 11) is -3.76. The van der Waals surface area contributed by atoms with Crippen molar-refractivity contribution in [3.8, 4) is 0 Å². The zero-order valence-electron chi connectivity index (χ0n) is 22.2. The molecule has 1 aliphatic heterocycles. The van der Waals surface area contributed by atoms with E-state index in [2.05, 4.69) is 21.9 Å². The van der Waals surface area contributed by atoms with Gasteiger partial charge in [0.15, 0.2) is 0 Å². The molecule has 13 heteroatoms. The van der Waals surface area contributed by atoms with Gasteiger partial charge in [0.2, 0.25) is 0 Å². The summed E-state index contributed by atoms with van der Waals surface area (Å²) in [6.07, 6.45) is -3.15. The SMILES string of the molecule is CCCCN(CC)C(=O)c1cc(NS(=O)(=O)c2ccccc2C)ccc1N1CCNCC1.O=C(O)C(F)(F)F. The number of carbonyl (C=O) groups is 2. The van der Waals surface area contributed by atoms with Crippen molar-refractivity contribution in [2.24, 2.45) is 0 Å². The zero-order valence-corrected chi connectivity index (χ0v) is 23.0. The summed E-state index contributed by atoms with van der Waals surface area (Å²) in [5.41, 5.74) is 2.45. The average Bonchev–Trinajstić information content (AvgIpc) is 2.89. The molecule has 0 aliphatic carbocycles. The van der Waals surface area contributed by atoms with Gasteiger partial charge in [-0.3, -0.25) is 9.52 Å². The Balaban J connectivity index is 0.000000673. The fraction of sp³-hybridized carbons (Fsp3) is 0.462. The summed E-state index contributed by atoms with van der Waals surface area (Å²) in [6, 6.07) is 12.2. The maximum atomic E-state index is 13.5. The van der Waals surface area contributed by atoms with Crippen LogP contribution in [-0.2, 0) is 14.8 Å². The number of carboxylic acid groups (broad SMARTS) is 1. The van der Waals surface area contributed by atoms with Crippen LogP contribution >= 0.6 is 0 Å². The van der Waals surface area contributed by atoms with Gasteiger partial charge in [0, 0.05) is 50.6 Å². The number of hydrogen-bond donors (Lipinski definition) is 3. The number of nitrogens with one attached hydrogen (secondary N) is 2. The van der Waals surface area contributed by atoms with Crippen LogP contribution in [-0.4, -0.2) is 75.7 Å². The van der Waals surface area contributed by atoms with Gasteiger partial charge in [0.1, 0.15) is 0 Å². The molecule has 2 aromatic rings. The van der Waals surface area contributed by atoms with E-state index in [1.807, 2.05) is 24.0 Å². The number of nitrogens with zero attached hydrogens (tertiary/aromatic N) is 2. The van der Waals surface area contributed by atoms with Gasteiger partial charge in [-0.1, -0.05) is 31.5 Å². The molecule has 0 unspecified atom stereocenters. The number of hydrogen-bond acceptors (Lipinski definition) is 6. The third kappa shape index (κ3) is 9.13. The number of halogens is 3. The van der Waals surface area contributed by atoms with E-state index in [1.54, 1.807) is 37.3 Å². The Hall–Kier alpha value is -3.32. The standard InChI is InChI=1S/C24H34N4O3S.C2HF3O2/c1-4-6-15-27(5-2)24(29)21-18-20(11-12-22(21)28-16-13-25-14-17-28)26-32(30,31)23-10-8-7-9-19(23)3;3-2(4,5)1(6)7/h7-12,18,25-26H,4-6,13-17H2,1-3H3;(H,6,7). The molecule has 1 amide bonds. The Morgan fingerprint density at radius 1 is 1.10 bits per heavy atom. The minimum atomic E-state index is -5.08. The minimum Gasteiger partial charge on any atom is -0.475 e. The van der Waals surface area contributed by atoms with Gasteiger partial charge >= 0.3 is 12.1 Å². The van der Waals surface area contributed by atoms with Crippen LogP contribution in [0.1, 0.15) is 42.6 Å². The number of carboxylic acids is 1. The molecule has 3 rings (SSSR count). The van der Waals surface area contributed by atoms with Gasteiger partial charge in [-0.15, -0.1) is 0 Å². The van der Waals surface area contributed by atoms with Crippen LogP contribution in [0, 0.1) is 6.92 Å². The molecule has 1 fully saturated rings. The number of amides is 1. The number of benzene rings is 2. The van der Waals surface area contributed by atoms with Gasteiger partial charge in [-0.25, -0.2) is 13.2 Å². The van der Waals surface area contributed by atoms with Crippen LogP contribution in [0.15, 0.2) is 47.4 Å². The lowest BCUT2D eigenvalue weighted by atomic mass is 10.1. The van der Waals surface area contributed by atoms with Crippen molar-refractivity contribution in [3.63, 3.8) is 0 Å². The molecule has 0 atom stereocenters. The van der Waals surface area contributed by atoms with Gasteiger partial charge < -0.3 is 20.2 Å².